The molecule has 0 aromatic heterocycles. The van der Waals surface area contributed by atoms with Gasteiger partial charge in [0.15, 0.2) is 0 Å². The number of hydrogen-bond acceptors (Lipinski definition) is 2. The molecule has 2 rings (SSSR count). The van der Waals surface area contributed by atoms with E-state index in [1.54, 1.807) is 0 Å². The summed E-state index contributed by atoms with van der Waals surface area (Å²) < 4.78 is 0. The van der Waals surface area contributed by atoms with Crippen LogP contribution in [0.4, 0.5) is 5.69 Å². The van der Waals surface area contributed by atoms with Crippen LogP contribution in [0.15, 0.2) is 42.5 Å². The normalized spacial score (nSPS) is 10.1. The minimum absolute atomic E-state index is 0.724. The Balaban J connectivity index is 2.12. The predicted octanol–water partition coefficient (Wildman–Crippen LogP) is 4.26. The fourth-order valence-corrected chi connectivity index (χ4v) is 1.87. The van der Waals surface area contributed by atoms with Crippen molar-refractivity contribution in [2.75, 3.05) is 5.32 Å². The first-order valence-corrected chi connectivity index (χ1v) is 6.16. The van der Waals surface area contributed by atoms with E-state index in [0.29, 0.717) is 0 Å². The molecule has 0 fully saturated rings. The van der Waals surface area contributed by atoms with Gasteiger partial charge in [-0.2, -0.15) is 0 Å². The summed E-state index contributed by atoms with van der Waals surface area (Å²) in [6, 6.07) is 13.8. The van der Waals surface area contributed by atoms with E-state index in [1.165, 1.54) is 11.8 Å². The van der Waals surface area contributed by atoms with Crippen LogP contribution in [0.2, 0.25) is 5.02 Å². The fourth-order valence-electron chi connectivity index (χ4n) is 1.75. The van der Waals surface area contributed by atoms with Gasteiger partial charge in [-0.25, -0.2) is 0 Å². The summed E-state index contributed by atoms with van der Waals surface area (Å²) in [5, 5.41) is 11.5. The highest BCUT2D eigenvalue weighted by Crippen LogP contribution is 2.17. The second kappa shape index (κ2) is 5.69. The highest BCUT2D eigenvalue weighted by molar-refractivity contribution is 6.30. The number of halogens is 1. The Hall–Kier alpha value is -1.80. The van der Waals surface area contributed by atoms with Crippen LogP contribution < -0.4 is 5.32 Å². The standard InChI is InChI=1S/C15H15ClN2/c1-11-2-5-13(9-17)15(8-11)18-10-12-3-6-14(16)7-4-12/h2-9,17-18H,10H2,1H3. The van der Waals surface area contributed by atoms with Gasteiger partial charge in [-0.15, -0.1) is 0 Å². The molecule has 2 nitrogen and oxygen atoms in total. The smallest absolute Gasteiger partial charge is 0.0434 e. The number of anilines is 1. The number of nitrogens with one attached hydrogen (secondary N) is 2. The van der Waals surface area contributed by atoms with Gasteiger partial charge in [-0.3, -0.25) is 0 Å². The third-order valence-electron chi connectivity index (χ3n) is 2.76. The minimum Gasteiger partial charge on any atom is -0.380 e. The molecule has 0 saturated heterocycles. The van der Waals surface area contributed by atoms with E-state index in [2.05, 4.69) is 11.4 Å². The summed E-state index contributed by atoms with van der Waals surface area (Å²) in [5.74, 6) is 0. The minimum atomic E-state index is 0.724. The molecule has 18 heavy (non-hydrogen) atoms. The van der Waals surface area contributed by atoms with E-state index >= 15 is 0 Å². The van der Waals surface area contributed by atoms with Crippen molar-refractivity contribution < 1.29 is 0 Å². The molecule has 0 atom stereocenters. The topological polar surface area (TPSA) is 35.9 Å². The molecule has 2 aromatic rings. The van der Waals surface area contributed by atoms with Crippen molar-refractivity contribution in [2.45, 2.75) is 13.5 Å². The summed E-state index contributed by atoms with van der Waals surface area (Å²) in [5.41, 5.74) is 4.23. The number of aryl methyl sites for hydroxylation is 1. The lowest BCUT2D eigenvalue weighted by atomic mass is 10.1. The van der Waals surface area contributed by atoms with E-state index < -0.39 is 0 Å². The zero-order chi connectivity index (χ0) is 13.0. The summed E-state index contributed by atoms with van der Waals surface area (Å²) in [6.07, 6.45) is 1.36. The second-order valence-corrected chi connectivity index (χ2v) is 4.65. The summed E-state index contributed by atoms with van der Waals surface area (Å²) in [7, 11) is 0. The number of rotatable bonds is 4. The molecular weight excluding hydrogens is 244 g/mol. The molecule has 0 radical (unpaired) electrons. The second-order valence-electron chi connectivity index (χ2n) is 4.22. The van der Waals surface area contributed by atoms with E-state index in [0.717, 1.165) is 28.4 Å². The average molecular weight is 259 g/mol. The van der Waals surface area contributed by atoms with Crippen LogP contribution in [-0.2, 0) is 6.54 Å². The Morgan fingerprint density at radius 3 is 2.56 bits per heavy atom. The van der Waals surface area contributed by atoms with Crippen molar-refractivity contribution in [1.82, 2.24) is 0 Å². The lowest BCUT2D eigenvalue weighted by molar-refractivity contribution is 1.14. The Bertz CT molecular complexity index is 547. The average Bonchev–Trinajstić information content (AvgIpc) is 2.38. The molecule has 0 saturated carbocycles. The van der Waals surface area contributed by atoms with Crippen molar-refractivity contribution >= 4 is 23.5 Å². The maximum atomic E-state index is 7.38. The molecule has 2 aromatic carbocycles. The zero-order valence-electron chi connectivity index (χ0n) is 10.2. The maximum Gasteiger partial charge on any atom is 0.0434 e. The van der Waals surface area contributed by atoms with Gasteiger partial charge in [-0.1, -0.05) is 35.9 Å². The summed E-state index contributed by atoms with van der Waals surface area (Å²) >= 11 is 5.85. The quantitative estimate of drug-likeness (QED) is 0.790. The predicted molar refractivity (Wildman–Crippen MR) is 77.8 cm³/mol. The number of benzene rings is 2. The summed E-state index contributed by atoms with van der Waals surface area (Å²) in [4.78, 5) is 0. The van der Waals surface area contributed by atoms with Crippen molar-refractivity contribution in [3.05, 3.63) is 64.2 Å². The van der Waals surface area contributed by atoms with Gasteiger partial charge in [0.2, 0.25) is 0 Å². The first kappa shape index (κ1) is 12.7. The molecule has 0 aliphatic carbocycles. The molecule has 0 aliphatic rings. The van der Waals surface area contributed by atoms with Crippen molar-refractivity contribution in [3.63, 3.8) is 0 Å². The van der Waals surface area contributed by atoms with Gasteiger partial charge in [0, 0.05) is 29.0 Å². The number of hydrogen-bond donors (Lipinski definition) is 2. The lowest BCUT2D eigenvalue weighted by Crippen LogP contribution is -2.02. The monoisotopic (exact) mass is 258 g/mol. The first-order chi connectivity index (χ1) is 8.69. The van der Waals surface area contributed by atoms with E-state index in [9.17, 15) is 0 Å². The molecule has 0 unspecified atom stereocenters. The Morgan fingerprint density at radius 1 is 1.17 bits per heavy atom. The molecule has 92 valence electrons. The molecule has 2 N–H and O–H groups in total. The largest absolute Gasteiger partial charge is 0.380 e. The fraction of sp³-hybridized carbons (Fsp3) is 0.133. The zero-order valence-corrected chi connectivity index (χ0v) is 11.0. The van der Waals surface area contributed by atoms with Gasteiger partial charge in [-0.05, 0) is 36.2 Å². The van der Waals surface area contributed by atoms with E-state index in [4.69, 9.17) is 17.0 Å². The van der Waals surface area contributed by atoms with Crippen molar-refractivity contribution in [1.29, 1.82) is 5.41 Å². The molecule has 0 heterocycles. The molecule has 0 spiro atoms. The Kier molecular flexibility index (Phi) is 4.00. The molecule has 0 amide bonds. The van der Waals surface area contributed by atoms with Crippen molar-refractivity contribution in [3.8, 4) is 0 Å². The van der Waals surface area contributed by atoms with Crippen LogP contribution in [0, 0.1) is 12.3 Å². The Labute approximate surface area is 112 Å². The molecule has 0 aliphatic heterocycles. The third-order valence-corrected chi connectivity index (χ3v) is 3.01. The molecule has 0 bridgehead atoms. The first-order valence-electron chi connectivity index (χ1n) is 5.78. The van der Waals surface area contributed by atoms with Crippen LogP contribution in [0.25, 0.3) is 0 Å². The van der Waals surface area contributed by atoms with Gasteiger partial charge >= 0.3 is 0 Å². The summed E-state index contributed by atoms with van der Waals surface area (Å²) in [6.45, 7) is 2.77. The van der Waals surface area contributed by atoms with Gasteiger partial charge in [0.1, 0.15) is 0 Å². The maximum absolute atomic E-state index is 7.38. The Morgan fingerprint density at radius 2 is 1.89 bits per heavy atom. The van der Waals surface area contributed by atoms with Crippen LogP contribution in [0.5, 0.6) is 0 Å². The van der Waals surface area contributed by atoms with E-state index in [1.807, 2.05) is 43.3 Å². The van der Waals surface area contributed by atoms with Crippen LogP contribution in [0.1, 0.15) is 16.7 Å². The van der Waals surface area contributed by atoms with E-state index in [-0.39, 0.29) is 0 Å². The van der Waals surface area contributed by atoms with Crippen LogP contribution >= 0.6 is 11.6 Å². The van der Waals surface area contributed by atoms with Gasteiger partial charge in [0.05, 0.1) is 0 Å². The van der Waals surface area contributed by atoms with Crippen molar-refractivity contribution in [2.24, 2.45) is 0 Å². The highest BCUT2D eigenvalue weighted by atomic mass is 35.5. The van der Waals surface area contributed by atoms with Gasteiger partial charge < -0.3 is 10.7 Å². The molecular formula is C15H15ClN2. The lowest BCUT2D eigenvalue weighted by Gasteiger charge is -2.10. The van der Waals surface area contributed by atoms with Crippen LogP contribution in [0.3, 0.4) is 0 Å². The van der Waals surface area contributed by atoms with Crippen LogP contribution in [-0.4, -0.2) is 6.21 Å². The highest BCUT2D eigenvalue weighted by Gasteiger charge is 2.00. The molecule has 3 heteroatoms. The SMILES string of the molecule is Cc1ccc(C=N)c(NCc2ccc(Cl)cc2)c1. The third kappa shape index (κ3) is 3.11. The van der Waals surface area contributed by atoms with Gasteiger partial charge in [0.25, 0.3) is 0 Å².